The van der Waals surface area contributed by atoms with Crippen molar-refractivity contribution in [2.45, 2.75) is 58.6 Å². The van der Waals surface area contributed by atoms with Crippen LogP contribution in [-0.4, -0.2) is 62.1 Å². The van der Waals surface area contributed by atoms with Crippen molar-refractivity contribution in [1.29, 1.82) is 0 Å². The fraction of sp³-hybridized carbons (Fsp3) is 0.500. The van der Waals surface area contributed by atoms with Crippen LogP contribution in [0.4, 0.5) is 5.82 Å². The number of aromatic nitrogens is 4. The van der Waals surface area contributed by atoms with E-state index in [2.05, 4.69) is 20.0 Å². The second kappa shape index (κ2) is 11.7. The van der Waals surface area contributed by atoms with Crippen LogP contribution in [0.1, 0.15) is 40.3 Å². The molecule has 0 aliphatic carbocycles. The summed E-state index contributed by atoms with van der Waals surface area (Å²) in [5.41, 5.74) is 6.24. The zero-order valence-electron chi connectivity index (χ0n) is 22.0. The molecule has 0 bridgehead atoms. The lowest BCUT2D eigenvalue weighted by atomic mass is 9.99. The second-order valence-electron chi connectivity index (χ2n) is 10.4. The number of para-hydroxylation sites is 1. The summed E-state index contributed by atoms with van der Waals surface area (Å²) in [6.07, 6.45) is -0.983. The molecule has 2 aromatic heterocycles. The zero-order chi connectivity index (χ0) is 28.4. The Bertz CT molecular complexity index is 1350. The highest BCUT2D eigenvalue weighted by atomic mass is 35.5. The quantitative estimate of drug-likeness (QED) is 0.181. The Morgan fingerprint density at radius 3 is 2.74 bits per heavy atom. The number of nitrogens with zero attached hydrogens (tertiary/aromatic N) is 4. The summed E-state index contributed by atoms with van der Waals surface area (Å²) >= 11 is 5.95. The van der Waals surface area contributed by atoms with Gasteiger partial charge in [0.1, 0.15) is 23.4 Å². The predicted molar refractivity (Wildman–Crippen MR) is 143 cm³/mol. The molecule has 1 saturated heterocycles. The average Bonchev–Trinajstić information content (AvgIpc) is 3.44. The van der Waals surface area contributed by atoms with E-state index in [4.69, 9.17) is 35.9 Å². The average molecular weight is 583 g/mol. The van der Waals surface area contributed by atoms with Gasteiger partial charge in [-0.1, -0.05) is 39.0 Å². The first kappa shape index (κ1) is 29.2. The van der Waals surface area contributed by atoms with Gasteiger partial charge in [0.2, 0.25) is 5.28 Å². The van der Waals surface area contributed by atoms with Crippen LogP contribution in [0.15, 0.2) is 36.7 Å². The number of aliphatic hydroxyl groups excluding tert-OH is 1. The number of halogens is 1. The first-order valence-electron chi connectivity index (χ1n) is 12.3. The molecule has 1 fully saturated rings. The van der Waals surface area contributed by atoms with E-state index in [1.807, 2.05) is 20.8 Å². The van der Waals surface area contributed by atoms with Crippen LogP contribution in [0.25, 0.3) is 11.2 Å². The van der Waals surface area contributed by atoms with Crippen molar-refractivity contribution >= 4 is 42.3 Å². The lowest BCUT2D eigenvalue weighted by Crippen LogP contribution is -2.37. The van der Waals surface area contributed by atoms with Gasteiger partial charge in [0.25, 0.3) is 0 Å². The van der Waals surface area contributed by atoms with E-state index >= 15 is 0 Å². The Kier molecular flexibility index (Phi) is 8.79. The number of carbonyl (C=O) groups excluding carboxylic acids is 1. The number of esters is 1. The standard InChI is InChI=1S/C24H32ClN6O7P/c1-14(22(33)35-12-24(2,3)4)30-39(34,38-15-8-6-5-7-9-15)36-11-16-10-17(32)21(37-16)31-13-27-18-19(26)28-23(25)29-20(18)31/h5-9,13-14,16-17,21,32H,10-12H2,1-4H3,(H,30,34)(H2,26,28,29)/t14-,16-,17+,21+,39?/m0/s1. The molecule has 4 rings (SSSR count). The van der Waals surface area contributed by atoms with Crippen LogP contribution in [0.3, 0.4) is 0 Å². The third kappa shape index (κ3) is 7.44. The summed E-state index contributed by atoms with van der Waals surface area (Å²) in [6.45, 7) is 7.25. The molecule has 15 heteroatoms. The van der Waals surface area contributed by atoms with Crippen molar-refractivity contribution < 1.29 is 33.0 Å². The molecule has 0 saturated carbocycles. The monoisotopic (exact) mass is 582 g/mol. The van der Waals surface area contributed by atoms with E-state index in [0.717, 1.165) is 0 Å². The summed E-state index contributed by atoms with van der Waals surface area (Å²) < 4.78 is 38.0. The van der Waals surface area contributed by atoms with Gasteiger partial charge in [0, 0.05) is 6.42 Å². The maximum Gasteiger partial charge on any atom is 0.459 e. The minimum absolute atomic E-state index is 0.0747. The molecule has 1 unspecified atom stereocenters. The number of nitrogens with one attached hydrogen (secondary N) is 1. The smallest absolute Gasteiger partial charge is 0.459 e. The fourth-order valence-corrected chi connectivity index (χ4v) is 5.47. The molecule has 1 aromatic carbocycles. The highest BCUT2D eigenvalue weighted by Gasteiger charge is 2.39. The van der Waals surface area contributed by atoms with Gasteiger partial charge in [-0.2, -0.15) is 15.1 Å². The molecule has 0 radical (unpaired) electrons. The molecule has 4 N–H and O–H groups in total. The number of rotatable bonds is 10. The molecule has 39 heavy (non-hydrogen) atoms. The number of anilines is 1. The van der Waals surface area contributed by atoms with Crippen LogP contribution in [0, 0.1) is 5.41 Å². The number of nitrogens with two attached hydrogens (primary N) is 1. The topological polar surface area (TPSA) is 173 Å². The van der Waals surface area contributed by atoms with E-state index < -0.39 is 38.2 Å². The first-order valence-corrected chi connectivity index (χ1v) is 14.2. The maximum absolute atomic E-state index is 13.8. The third-order valence-corrected chi connectivity index (χ3v) is 7.43. The summed E-state index contributed by atoms with van der Waals surface area (Å²) in [6, 6.07) is 7.40. The van der Waals surface area contributed by atoms with Gasteiger partial charge in [0.05, 0.1) is 25.6 Å². The zero-order valence-corrected chi connectivity index (χ0v) is 23.6. The number of imidazole rings is 1. The number of aliphatic hydroxyl groups is 1. The van der Waals surface area contributed by atoms with Crippen molar-refractivity contribution in [3.8, 4) is 5.75 Å². The molecule has 3 aromatic rings. The van der Waals surface area contributed by atoms with E-state index in [1.165, 1.54) is 17.8 Å². The molecule has 1 aliphatic heterocycles. The van der Waals surface area contributed by atoms with Gasteiger partial charge >= 0.3 is 13.7 Å². The number of fused-ring (bicyclic) bond motifs is 1. The highest BCUT2D eigenvalue weighted by molar-refractivity contribution is 7.52. The number of hydrogen-bond donors (Lipinski definition) is 3. The van der Waals surface area contributed by atoms with Crippen molar-refractivity contribution in [2.24, 2.45) is 5.41 Å². The van der Waals surface area contributed by atoms with Crippen molar-refractivity contribution in [3.05, 3.63) is 41.9 Å². The molecule has 0 amide bonds. The third-order valence-electron chi connectivity index (χ3n) is 5.61. The Morgan fingerprint density at radius 1 is 1.33 bits per heavy atom. The summed E-state index contributed by atoms with van der Waals surface area (Å²) in [4.78, 5) is 24.7. The van der Waals surface area contributed by atoms with Crippen LogP contribution >= 0.6 is 19.3 Å². The Hall–Kier alpha value is -2.80. The number of carbonyl (C=O) groups is 1. The Labute approximate surface area is 230 Å². The van der Waals surface area contributed by atoms with E-state index in [-0.39, 0.29) is 41.9 Å². The van der Waals surface area contributed by atoms with E-state index in [1.54, 1.807) is 30.3 Å². The lowest BCUT2D eigenvalue weighted by molar-refractivity contribution is -0.148. The lowest BCUT2D eigenvalue weighted by Gasteiger charge is -2.25. The first-order chi connectivity index (χ1) is 18.3. The van der Waals surface area contributed by atoms with Crippen LogP contribution in [0.5, 0.6) is 5.75 Å². The Morgan fingerprint density at radius 2 is 2.05 bits per heavy atom. The number of benzene rings is 1. The van der Waals surface area contributed by atoms with E-state index in [0.29, 0.717) is 11.2 Å². The maximum atomic E-state index is 13.8. The summed E-state index contributed by atoms with van der Waals surface area (Å²) in [5.74, 6) is -0.242. The van der Waals surface area contributed by atoms with Gasteiger partial charge in [0.15, 0.2) is 17.7 Å². The van der Waals surface area contributed by atoms with Gasteiger partial charge in [-0.3, -0.25) is 13.9 Å². The molecule has 1 aliphatic rings. The second-order valence-corrected chi connectivity index (χ2v) is 12.4. The number of ether oxygens (including phenoxy) is 2. The SMILES string of the molecule is C[C@H](NP(=O)(OC[C@@H]1C[C@@H](O)[C@H](n2cnc3c(N)nc(Cl)nc32)O1)Oc1ccccc1)C(=O)OCC(C)(C)C. The highest BCUT2D eigenvalue weighted by Crippen LogP contribution is 2.46. The molecule has 3 heterocycles. The van der Waals surface area contributed by atoms with Gasteiger partial charge in [-0.25, -0.2) is 9.55 Å². The van der Waals surface area contributed by atoms with Crippen LogP contribution in [0.2, 0.25) is 5.28 Å². The van der Waals surface area contributed by atoms with Crippen molar-refractivity contribution in [2.75, 3.05) is 18.9 Å². The normalized spacial score (nSPS) is 21.9. The Balaban J connectivity index is 1.46. The van der Waals surface area contributed by atoms with E-state index in [9.17, 15) is 14.5 Å². The van der Waals surface area contributed by atoms with Crippen molar-refractivity contribution in [1.82, 2.24) is 24.6 Å². The number of hydrogen-bond acceptors (Lipinski definition) is 11. The van der Waals surface area contributed by atoms with Gasteiger partial charge in [-0.15, -0.1) is 0 Å². The van der Waals surface area contributed by atoms with Crippen LogP contribution < -0.4 is 15.3 Å². The molecule has 212 valence electrons. The molecular weight excluding hydrogens is 551 g/mol. The van der Waals surface area contributed by atoms with Crippen LogP contribution in [-0.2, 0) is 23.4 Å². The molecular formula is C24H32ClN6O7P. The molecule has 13 nitrogen and oxygen atoms in total. The van der Waals surface area contributed by atoms with Crippen molar-refractivity contribution in [3.63, 3.8) is 0 Å². The fourth-order valence-electron chi connectivity index (χ4n) is 3.78. The summed E-state index contributed by atoms with van der Waals surface area (Å²) in [5, 5.41) is 13.3. The van der Waals surface area contributed by atoms with Gasteiger partial charge in [-0.05, 0) is 36.1 Å². The minimum Gasteiger partial charge on any atom is -0.464 e. The molecule has 5 atom stereocenters. The summed E-state index contributed by atoms with van der Waals surface area (Å²) in [7, 11) is -4.11. The number of nitrogen functional groups attached to an aromatic ring is 1. The van der Waals surface area contributed by atoms with Gasteiger partial charge < -0.3 is 24.8 Å². The largest absolute Gasteiger partial charge is 0.464 e. The predicted octanol–water partition coefficient (Wildman–Crippen LogP) is 3.48. The molecule has 0 spiro atoms. The minimum atomic E-state index is -4.11.